The number of nitrogens with zero attached hydrogens (tertiary/aromatic N) is 4. The molecule has 1 fully saturated rings. The fourth-order valence-electron chi connectivity index (χ4n) is 3.14. The van der Waals surface area contributed by atoms with Gasteiger partial charge in [0, 0.05) is 25.0 Å². The van der Waals surface area contributed by atoms with Gasteiger partial charge in [-0.3, -0.25) is 4.98 Å². The van der Waals surface area contributed by atoms with E-state index in [-0.39, 0.29) is 11.8 Å². The number of anilines is 4. The Bertz CT molecular complexity index is 1110. The Morgan fingerprint density at radius 3 is 2.55 bits per heavy atom. The molecular formula is C22H20F4N6O. The Morgan fingerprint density at radius 2 is 1.82 bits per heavy atom. The summed E-state index contributed by atoms with van der Waals surface area (Å²) in [4.78, 5) is 14.2. The summed E-state index contributed by atoms with van der Waals surface area (Å²) < 4.78 is 57.9. The molecule has 3 heterocycles. The first kappa shape index (κ1) is 22.5. The fraction of sp³-hybridized carbons (Fsp3) is 0.227. The van der Waals surface area contributed by atoms with Crippen molar-refractivity contribution >= 4 is 29.2 Å². The highest BCUT2D eigenvalue weighted by molar-refractivity contribution is 5.61. The van der Waals surface area contributed by atoms with Crippen molar-refractivity contribution in [2.75, 3.05) is 41.8 Å². The Morgan fingerprint density at radius 1 is 1.00 bits per heavy atom. The SMILES string of the molecule is Fc1cnc(N/C=C/c2ccc(Nc3cccc(C(F)(F)F)c3)cn2)nc1N1CCOCC1. The summed E-state index contributed by atoms with van der Waals surface area (Å²) in [5, 5.41) is 5.78. The highest BCUT2D eigenvalue weighted by atomic mass is 19.4. The van der Waals surface area contributed by atoms with Crippen molar-refractivity contribution in [3.8, 4) is 0 Å². The van der Waals surface area contributed by atoms with E-state index >= 15 is 0 Å². The van der Waals surface area contributed by atoms with Crippen molar-refractivity contribution < 1.29 is 22.3 Å². The lowest BCUT2D eigenvalue weighted by Gasteiger charge is -2.27. The molecule has 11 heteroatoms. The third-order valence-electron chi connectivity index (χ3n) is 4.77. The molecule has 1 aliphatic heterocycles. The highest BCUT2D eigenvalue weighted by Crippen LogP contribution is 2.31. The average Bonchev–Trinajstić information content (AvgIpc) is 2.81. The van der Waals surface area contributed by atoms with Gasteiger partial charge in [-0.1, -0.05) is 6.07 Å². The fourth-order valence-corrected chi connectivity index (χ4v) is 3.14. The van der Waals surface area contributed by atoms with Gasteiger partial charge in [0.05, 0.1) is 42.6 Å². The van der Waals surface area contributed by atoms with E-state index in [1.54, 1.807) is 35.4 Å². The van der Waals surface area contributed by atoms with Gasteiger partial charge in [0.15, 0.2) is 11.6 Å². The maximum atomic E-state index is 14.1. The minimum Gasteiger partial charge on any atom is -0.378 e. The van der Waals surface area contributed by atoms with Gasteiger partial charge in [0.2, 0.25) is 5.95 Å². The molecule has 33 heavy (non-hydrogen) atoms. The summed E-state index contributed by atoms with van der Waals surface area (Å²) in [6, 6.07) is 8.31. The number of morpholine rings is 1. The molecule has 172 valence electrons. The van der Waals surface area contributed by atoms with Crippen LogP contribution in [-0.2, 0) is 10.9 Å². The maximum absolute atomic E-state index is 14.1. The van der Waals surface area contributed by atoms with Crippen LogP contribution in [0.1, 0.15) is 11.3 Å². The molecule has 0 unspecified atom stereocenters. The van der Waals surface area contributed by atoms with Gasteiger partial charge in [-0.25, -0.2) is 9.37 Å². The van der Waals surface area contributed by atoms with E-state index in [0.29, 0.717) is 43.4 Å². The van der Waals surface area contributed by atoms with Crippen LogP contribution in [0.25, 0.3) is 6.08 Å². The van der Waals surface area contributed by atoms with Crippen molar-refractivity contribution in [2.24, 2.45) is 0 Å². The molecule has 1 saturated heterocycles. The number of alkyl halides is 3. The van der Waals surface area contributed by atoms with Gasteiger partial charge in [0.25, 0.3) is 0 Å². The van der Waals surface area contributed by atoms with E-state index in [1.807, 2.05) is 0 Å². The highest BCUT2D eigenvalue weighted by Gasteiger charge is 2.30. The number of ether oxygens (including phenoxy) is 1. The standard InChI is InChI=1S/C22H20F4N6O/c23-19-14-29-21(31-20(19)32-8-10-33-11-9-32)27-7-6-16-4-5-18(13-28-16)30-17-3-1-2-15(12-17)22(24,25)26/h1-7,12-14,30H,8-11H2,(H,27,29,31)/b7-6+. The zero-order valence-corrected chi connectivity index (χ0v) is 17.3. The zero-order valence-electron chi connectivity index (χ0n) is 17.3. The second-order valence-electron chi connectivity index (χ2n) is 7.12. The van der Waals surface area contributed by atoms with Gasteiger partial charge in [-0.2, -0.15) is 18.2 Å². The number of nitrogens with one attached hydrogen (secondary N) is 2. The van der Waals surface area contributed by atoms with E-state index < -0.39 is 17.6 Å². The van der Waals surface area contributed by atoms with Gasteiger partial charge >= 0.3 is 6.18 Å². The molecule has 1 aliphatic rings. The van der Waals surface area contributed by atoms with Crippen molar-refractivity contribution in [3.05, 3.63) is 72.1 Å². The van der Waals surface area contributed by atoms with Crippen LogP contribution in [0.5, 0.6) is 0 Å². The summed E-state index contributed by atoms with van der Waals surface area (Å²) >= 11 is 0. The van der Waals surface area contributed by atoms with Crippen LogP contribution in [0, 0.1) is 5.82 Å². The molecule has 0 saturated carbocycles. The largest absolute Gasteiger partial charge is 0.416 e. The van der Waals surface area contributed by atoms with Crippen molar-refractivity contribution in [3.63, 3.8) is 0 Å². The molecule has 0 bridgehead atoms. The van der Waals surface area contributed by atoms with E-state index in [2.05, 4.69) is 25.6 Å². The zero-order chi connectivity index (χ0) is 23.3. The molecule has 0 spiro atoms. The van der Waals surface area contributed by atoms with Gasteiger partial charge in [-0.05, 0) is 36.4 Å². The second kappa shape index (κ2) is 9.82. The van der Waals surface area contributed by atoms with Crippen LogP contribution in [0.15, 0.2) is 55.0 Å². The molecule has 2 N–H and O–H groups in total. The molecule has 0 amide bonds. The average molecular weight is 460 g/mol. The topological polar surface area (TPSA) is 75.2 Å². The first-order valence-electron chi connectivity index (χ1n) is 10.1. The Labute approximate surface area is 187 Å². The summed E-state index contributed by atoms with van der Waals surface area (Å²) in [5.74, 6) is -0.0544. The number of pyridine rings is 1. The summed E-state index contributed by atoms with van der Waals surface area (Å²) in [6.07, 6.45) is 1.44. The van der Waals surface area contributed by atoms with Crippen molar-refractivity contribution in [2.45, 2.75) is 6.18 Å². The van der Waals surface area contributed by atoms with Gasteiger partial charge in [-0.15, -0.1) is 0 Å². The summed E-state index contributed by atoms with van der Waals surface area (Å²) in [5.41, 5.74) is 0.705. The molecule has 3 aromatic rings. The predicted octanol–water partition coefficient (Wildman–Crippen LogP) is 4.69. The Hall–Kier alpha value is -3.73. The summed E-state index contributed by atoms with van der Waals surface area (Å²) in [7, 11) is 0. The molecule has 2 aromatic heterocycles. The summed E-state index contributed by atoms with van der Waals surface area (Å²) in [6.45, 7) is 2.12. The molecule has 0 atom stereocenters. The number of hydrogen-bond donors (Lipinski definition) is 2. The molecular weight excluding hydrogens is 440 g/mol. The van der Waals surface area contributed by atoms with Crippen LogP contribution < -0.4 is 15.5 Å². The lowest BCUT2D eigenvalue weighted by Crippen LogP contribution is -2.37. The van der Waals surface area contributed by atoms with E-state index in [0.717, 1.165) is 18.3 Å². The van der Waals surface area contributed by atoms with Crippen LogP contribution >= 0.6 is 0 Å². The molecule has 7 nitrogen and oxygen atoms in total. The van der Waals surface area contributed by atoms with Crippen LogP contribution in [-0.4, -0.2) is 41.3 Å². The van der Waals surface area contributed by atoms with Crippen molar-refractivity contribution in [1.82, 2.24) is 15.0 Å². The maximum Gasteiger partial charge on any atom is 0.416 e. The van der Waals surface area contributed by atoms with E-state index in [4.69, 9.17) is 4.74 Å². The third kappa shape index (κ3) is 5.95. The van der Waals surface area contributed by atoms with E-state index in [1.165, 1.54) is 12.3 Å². The minimum atomic E-state index is -4.41. The number of rotatable bonds is 6. The lowest BCUT2D eigenvalue weighted by atomic mass is 10.2. The monoisotopic (exact) mass is 460 g/mol. The van der Waals surface area contributed by atoms with Crippen LogP contribution in [0.4, 0.5) is 40.7 Å². The predicted molar refractivity (Wildman–Crippen MR) is 117 cm³/mol. The van der Waals surface area contributed by atoms with Crippen LogP contribution in [0.3, 0.4) is 0 Å². The molecule has 1 aromatic carbocycles. The van der Waals surface area contributed by atoms with E-state index in [9.17, 15) is 17.6 Å². The Balaban J connectivity index is 1.37. The Kier molecular flexibility index (Phi) is 6.68. The number of hydrogen-bond acceptors (Lipinski definition) is 7. The number of aromatic nitrogens is 3. The van der Waals surface area contributed by atoms with Crippen LogP contribution in [0.2, 0.25) is 0 Å². The third-order valence-corrected chi connectivity index (χ3v) is 4.77. The molecule has 4 rings (SSSR count). The smallest absolute Gasteiger partial charge is 0.378 e. The minimum absolute atomic E-state index is 0.215. The lowest BCUT2D eigenvalue weighted by molar-refractivity contribution is -0.137. The molecule has 0 aliphatic carbocycles. The quantitative estimate of drug-likeness (QED) is 0.517. The number of benzene rings is 1. The van der Waals surface area contributed by atoms with Gasteiger partial charge in [0.1, 0.15) is 0 Å². The molecule has 0 radical (unpaired) electrons. The second-order valence-corrected chi connectivity index (χ2v) is 7.12. The first-order valence-corrected chi connectivity index (χ1v) is 10.1. The van der Waals surface area contributed by atoms with Crippen molar-refractivity contribution in [1.29, 1.82) is 0 Å². The first-order chi connectivity index (χ1) is 15.9. The number of halogens is 4. The van der Waals surface area contributed by atoms with Gasteiger partial charge < -0.3 is 20.3 Å². The normalized spacial score (nSPS) is 14.5.